The predicted molar refractivity (Wildman–Crippen MR) is 124 cm³/mol. The highest BCUT2D eigenvalue weighted by Crippen LogP contribution is 2.31. The highest BCUT2D eigenvalue weighted by atomic mass is 16.3. The van der Waals surface area contributed by atoms with Gasteiger partial charge in [0, 0.05) is 34.1 Å². The van der Waals surface area contributed by atoms with Gasteiger partial charge in [-0.2, -0.15) is 0 Å². The predicted octanol–water partition coefficient (Wildman–Crippen LogP) is 4.38. The molecule has 0 aliphatic carbocycles. The van der Waals surface area contributed by atoms with Crippen molar-refractivity contribution in [2.24, 2.45) is 0 Å². The van der Waals surface area contributed by atoms with E-state index in [9.17, 15) is 4.79 Å². The zero-order chi connectivity index (χ0) is 21.8. The first-order valence-corrected chi connectivity index (χ1v) is 10.2. The molecular weight excluding hydrogens is 388 g/mol. The van der Waals surface area contributed by atoms with E-state index in [1.54, 1.807) is 12.1 Å². The van der Waals surface area contributed by atoms with Gasteiger partial charge < -0.3 is 15.7 Å². The zero-order valence-electron chi connectivity index (χ0n) is 17.5. The Labute approximate surface area is 181 Å². The fourth-order valence-corrected chi connectivity index (χ4v) is 3.54. The molecule has 0 fully saturated rings. The summed E-state index contributed by atoms with van der Waals surface area (Å²) in [5.41, 5.74) is 5.51. The smallest absolute Gasteiger partial charge is 0.251 e. The van der Waals surface area contributed by atoms with Crippen LogP contribution in [0.4, 0.5) is 11.5 Å². The summed E-state index contributed by atoms with van der Waals surface area (Å²) in [5.74, 6) is 0.482. The molecule has 1 aromatic heterocycles. The summed E-state index contributed by atoms with van der Waals surface area (Å²) in [6.07, 6.45) is 0. The molecule has 0 unspecified atom stereocenters. The van der Waals surface area contributed by atoms with Crippen molar-refractivity contribution in [2.45, 2.75) is 13.8 Å². The van der Waals surface area contributed by atoms with Gasteiger partial charge in [-0.15, -0.1) is 10.2 Å². The topological polar surface area (TPSA) is 87.1 Å². The van der Waals surface area contributed by atoms with E-state index >= 15 is 0 Å². The number of aliphatic hydroxyl groups is 1. The number of amides is 1. The highest BCUT2D eigenvalue weighted by molar-refractivity contribution is 6.01. The lowest BCUT2D eigenvalue weighted by atomic mass is 10.0. The van der Waals surface area contributed by atoms with Gasteiger partial charge in [0.15, 0.2) is 5.82 Å². The fraction of sp³-hybridized carbons (Fsp3) is 0.160. The van der Waals surface area contributed by atoms with Crippen LogP contribution in [0.5, 0.6) is 0 Å². The van der Waals surface area contributed by atoms with Gasteiger partial charge in [-0.1, -0.05) is 54.1 Å². The fourth-order valence-electron chi connectivity index (χ4n) is 3.54. The van der Waals surface area contributed by atoms with Gasteiger partial charge in [-0.05, 0) is 37.6 Å². The maximum absolute atomic E-state index is 12.1. The molecule has 0 radical (unpaired) electrons. The minimum Gasteiger partial charge on any atom is -0.395 e. The number of hydrogen-bond donors (Lipinski definition) is 3. The van der Waals surface area contributed by atoms with Gasteiger partial charge in [0.1, 0.15) is 5.69 Å². The number of carbonyl (C=O) groups excluding carboxylic acids is 1. The number of benzene rings is 3. The van der Waals surface area contributed by atoms with E-state index in [0.29, 0.717) is 11.4 Å². The number of anilines is 2. The van der Waals surface area contributed by atoms with Crippen molar-refractivity contribution in [3.05, 3.63) is 83.4 Å². The number of fused-ring (bicyclic) bond motifs is 1. The molecule has 3 N–H and O–H groups in total. The number of carbonyl (C=O) groups is 1. The number of rotatable bonds is 6. The Balaban J connectivity index is 1.69. The van der Waals surface area contributed by atoms with Crippen molar-refractivity contribution in [1.82, 2.24) is 15.5 Å². The lowest BCUT2D eigenvalue weighted by molar-refractivity contribution is 0.0945. The average molecular weight is 412 g/mol. The Bertz CT molecular complexity index is 1240. The first-order valence-electron chi connectivity index (χ1n) is 10.2. The van der Waals surface area contributed by atoms with Gasteiger partial charge in [-0.3, -0.25) is 4.79 Å². The molecule has 0 aliphatic heterocycles. The van der Waals surface area contributed by atoms with Crippen molar-refractivity contribution < 1.29 is 9.90 Å². The Morgan fingerprint density at radius 2 is 1.68 bits per heavy atom. The average Bonchev–Trinajstić information content (AvgIpc) is 2.79. The van der Waals surface area contributed by atoms with Crippen LogP contribution in [-0.2, 0) is 0 Å². The molecule has 6 nitrogen and oxygen atoms in total. The summed E-state index contributed by atoms with van der Waals surface area (Å²) < 4.78 is 0. The van der Waals surface area contributed by atoms with Gasteiger partial charge in [0.25, 0.3) is 5.91 Å². The van der Waals surface area contributed by atoms with Crippen LogP contribution >= 0.6 is 0 Å². The lowest BCUT2D eigenvalue weighted by Gasteiger charge is -2.13. The minimum absolute atomic E-state index is 0.0894. The number of aromatic nitrogens is 2. The third-order valence-corrected chi connectivity index (χ3v) is 5.14. The Hall–Kier alpha value is -3.77. The molecule has 0 saturated heterocycles. The second-order valence-electron chi connectivity index (χ2n) is 7.44. The third-order valence-electron chi connectivity index (χ3n) is 5.14. The Kier molecular flexibility index (Phi) is 5.91. The lowest BCUT2D eigenvalue weighted by Crippen LogP contribution is -2.26. The maximum Gasteiger partial charge on any atom is 0.251 e. The zero-order valence-corrected chi connectivity index (χ0v) is 17.5. The summed E-state index contributed by atoms with van der Waals surface area (Å²) in [6.45, 7) is 4.28. The molecule has 0 bridgehead atoms. The van der Waals surface area contributed by atoms with E-state index in [1.165, 1.54) is 5.56 Å². The molecule has 0 atom stereocenters. The van der Waals surface area contributed by atoms with Crippen LogP contribution in [0.2, 0.25) is 0 Å². The standard InChI is InChI=1S/C25H24N4O2/c1-16-7-12-22(17(2)15-16)27-24-21-6-4-3-5-20(21)23(28-29-24)18-8-10-19(11-9-18)25(31)26-13-14-30/h3-12,15,30H,13-14H2,1-2H3,(H,26,31)(H,27,29). The van der Waals surface area contributed by atoms with Gasteiger partial charge in [0.2, 0.25) is 0 Å². The van der Waals surface area contributed by atoms with Crippen LogP contribution < -0.4 is 10.6 Å². The third kappa shape index (κ3) is 4.39. The number of hydrogen-bond acceptors (Lipinski definition) is 5. The normalized spacial score (nSPS) is 10.8. The molecule has 31 heavy (non-hydrogen) atoms. The number of aliphatic hydroxyl groups excluding tert-OH is 1. The minimum atomic E-state index is -0.218. The number of nitrogens with zero attached hydrogens (tertiary/aromatic N) is 2. The molecular formula is C25H24N4O2. The molecule has 1 heterocycles. The van der Waals surface area contributed by atoms with E-state index < -0.39 is 0 Å². The van der Waals surface area contributed by atoms with Crippen molar-refractivity contribution in [1.29, 1.82) is 0 Å². The van der Waals surface area contributed by atoms with E-state index in [2.05, 4.69) is 52.9 Å². The second kappa shape index (κ2) is 8.93. The van der Waals surface area contributed by atoms with E-state index in [4.69, 9.17) is 5.11 Å². The summed E-state index contributed by atoms with van der Waals surface area (Å²) in [7, 11) is 0. The second-order valence-corrected chi connectivity index (χ2v) is 7.44. The van der Waals surface area contributed by atoms with Crippen LogP contribution in [0.15, 0.2) is 66.7 Å². The van der Waals surface area contributed by atoms with Gasteiger partial charge in [-0.25, -0.2) is 0 Å². The molecule has 0 saturated carbocycles. The molecule has 1 amide bonds. The van der Waals surface area contributed by atoms with Crippen LogP contribution in [0, 0.1) is 13.8 Å². The summed E-state index contributed by atoms with van der Waals surface area (Å²) in [6, 6.07) is 21.5. The van der Waals surface area contributed by atoms with Crippen molar-refractivity contribution in [3.8, 4) is 11.3 Å². The van der Waals surface area contributed by atoms with Crippen LogP contribution in [-0.4, -0.2) is 34.4 Å². The monoisotopic (exact) mass is 412 g/mol. The molecule has 6 heteroatoms. The molecule has 0 spiro atoms. The number of nitrogens with one attached hydrogen (secondary N) is 2. The Morgan fingerprint density at radius 3 is 2.39 bits per heavy atom. The van der Waals surface area contributed by atoms with Crippen molar-refractivity contribution in [2.75, 3.05) is 18.5 Å². The molecule has 4 aromatic rings. The SMILES string of the molecule is Cc1ccc(Nc2nnc(-c3ccc(C(=O)NCCO)cc3)c3ccccc23)c(C)c1. The van der Waals surface area contributed by atoms with Crippen LogP contribution in [0.3, 0.4) is 0 Å². The number of aryl methyl sites for hydroxylation is 2. The maximum atomic E-state index is 12.1. The highest BCUT2D eigenvalue weighted by Gasteiger charge is 2.13. The van der Waals surface area contributed by atoms with Crippen molar-refractivity contribution >= 4 is 28.2 Å². The summed E-state index contributed by atoms with van der Waals surface area (Å²) in [4.78, 5) is 12.1. The first kappa shape index (κ1) is 20.5. The van der Waals surface area contributed by atoms with Crippen molar-refractivity contribution in [3.63, 3.8) is 0 Å². The van der Waals surface area contributed by atoms with E-state index in [1.807, 2.05) is 36.4 Å². The largest absolute Gasteiger partial charge is 0.395 e. The quantitative estimate of drug-likeness (QED) is 0.437. The molecule has 4 rings (SSSR count). The molecule has 3 aromatic carbocycles. The molecule has 0 aliphatic rings. The van der Waals surface area contributed by atoms with Crippen LogP contribution in [0.1, 0.15) is 21.5 Å². The van der Waals surface area contributed by atoms with E-state index in [0.717, 1.165) is 33.3 Å². The summed E-state index contributed by atoms with van der Waals surface area (Å²) >= 11 is 0. The van der Waals surface area contributed by atoms with Gasteiger partial charge >= 0.3 is 0 Å². The van der Waals surface area contributed by atoms with Crippen LogP contribution in [0.25, 0.3) is 22.0 Å². The Morgan fingerprint density at radius 1 is 0.935 bits per heavy atom. The van der Waals surface area contributed by atoms with E-state index in [-0.39, 0.29) is 19.1 Å². The first-order chi connectivity index (χ1) is 15.1. The molecule has 156 valence electrons. The van der Waals surface area contributed by atoms with Gasteiger partial charge in [0.05, 0.1) is 6.61 Å². The summed E-state index contributed by atoms with van der Waals surface area (Å²) in [5, 5.41) is 25.8.